The molecule has 0 bridgehead atoms. The number of ketones is 1. The van der Waals surface area contributed by atoms with E-state index >= 15 is 0 Å². The summed E-state index contributed by atoms with van der Waals surface area (Å²) in [4.78, 5) is 11.4. The van der Waals surface area contributed by atoms with Gasteiger partial charge in [-0.1, -0.05) is 60.7 Å². The minimum atomic E-state index is -0.976. The van der Waals surface area contributed by atoms with Crippen molar-refractivity contribution < 1.29 is 14.3 Å². The van der Waals surface area contributed by atoms with Gasteiger partial charge in [0.2, 0.25) is 5.79 Å². The van der Waals surface area contributed by atoms with Crippen LogP contribution in [0.3, 0.4) is 0 Å². The van der Waals surface area contributed by atoms with E-state index in [4.69, 9.17) is 9.47 Å². The van der Waals surface area contributed by atoms with Crippen LogP contribution in [0.2, 0.25) is 0 Å². The minimum absolute atomic E-state index is 0.0394. The van der Waals surface area contributed by atoms with Gasteiger partial charge in [-0.15, -0.1) is 0 Å². The van der Waals surface area contributed by atoms with Gasteiger partial charge in [-0.05, 0) is 0 Å². The fourth-order valence-corrected chi connectivity index (χ4v) is 2.26. The van der Waals surface area contributed by atoms with Crippen LogP contribution in [0.4, 0.5) is 0 Å². The van der Waals surface area contributed by atoms with E-state index in [2.05, 4.69) is 0 Å². The van der Waals surface area contributed by atoms with Crippen LogP contribution in [-0.2, 0) is 20.1 Å². The van der Waals surface area contributed by atoms with Gasteiger partial charge in [-0.3, -0.25) is 4.79 Å². The lowest BCUT2D eigenvalue weighted by atomic mass is 9.96. The van der Waals surface area contributed by atoms with Crippen molar-refractivity contribution >= 4 is 5.78 Å². The molecule has 0 spiro atoms. The standard InChI is InChI=1S/C16H14O3/c17-15-11-18-16(19-12-15,13-7-3-1-4-8-13)14-9-5-2-6-10-14/h1-10H,11-12H2. The van der Waals surface area contributed by atoms with Gasteiger partial charge in [0, 0.05) is 11.1 Å². The van der Waals surface area contributed by atoms with E-state index in [1.54, 1.807) is 0 Å². The number of benzene rings is 2. The van der Waals surface area contributed by atoms with Crippen molar-refractivity contribution in [2.45, 2.75) is 5.79 Å². The van der Waals surface area contributed by atoms with Gasteiger partial charge in [0.1, 0.15) is 13.2 Å². The molecule has 0 unspecified atom stereocenters. The summed E-state index contributed by atoms with van der Waals surface area (Å²) < 4.78 is 11.6. The average molecular weight is 254 g/mol. The zero-order valence-corrected chi connectivity index (χ0v) is 10.4. The largest absolute Gasteiger partial charge is 0.334 e. The number of ether oxygens (including phenoxy) is 2. The highest BCUT2D eigenvalue weighted by Crippen LogP contribution is 2.36. The molecule has 1 heterocycles. The van der Waals surface area contributed by atoms with Crippen molar-refractivity contribution in [3.63, 3.8) is 0 Å². The van der Waals surface area contributed by atoms with Crippen LogP contribution in [0.15, 0.2) is 60.7 Å². The van der Waals surface area contributed by atoms with Crippen LogP contribution in [0, 0.1) is 0 Å². The monoisotopic (exact) mass is 254 g/mol. The van der Waals surface area contributed by atoms with Crippen LogP contribution >= 0.6 is 0 Å². The summed E-state index contributed by atoms with van der Waals surface area (Å²) in [5, 5.41) is 0. The quantitative estimate of drug-likeness (QED) is 0.826. The lowest BCUT2D eigenvalue weighted by Gasteiger charge is -2.37. The zero-order chi connectivity index (χ0) is 13.1. The fourth-order valence-electron chi connectivity index (χ4n) is 2.26. The second kappa shape index (κ2) is 4.96. The maximum atomic E-state index is 11.4. The second-order valence-corrected chi connectivity index (χ2v) is 4.46. The van der Waals surface area contributed by atoms with E-state index < -0.39 is 5.79 Å². The third kappa shape index (κ3) is 2.18. The Hall–Kier alpha value is -1.97. The van der Waals surface area contributed by atoms with Gasteiger partial charge in [0.25, 0.3) is 0 Å². The van der Waals surface area contributed by atoms with Gasteiger partial charge in [0.05, 0.1) is 0 Å². The molecule has 3 nitrogen and oxygen atoms in total. The first-order chi connectivity index (χ1) is 9.31. The van der Waals surface area contributed by atoms with E-state index in [-0.39, 0.29) is 19.0 Å². The van der Waals surface area contributed by atoms with Gasteiger partial charge < -0.3 is 9.47 Å². The number of hydrogen-bond acceptors (Lipinski definition) is 3. The molecule has 0 aliphatic carbocycles. The van der Waals surface area contributed by atoms with Gasteiger partial charge in [-0.2, -0.15) is 0 Å². The molecule has 19 heavy (non-hydrogen) atoms. The van der Waals surface area contributed by atoms with Gasteiger partial charge in [0.15, 0.2) is 5.78 Å². The Bertz CT molecular complexity index is 512. The van der Waals surface area contributed by atoms with Crippen LogP contribution in [-0.4, -0.2) is 19.0 Å². The average Bonchev–Trinajstić information content (AvgIpc) is 2.50. The van der Waals surface area contributed by atoms with Crippen molar-refractivity contribution in [1.29, 1.82) is 0 Å². The molecule has 96 valence electrons. The van der Waals surface area contributed by atoms with E-state index in [9.17, 15) is 4.79 Å². The molecular weight excluding hydrogens is 240 g/mol. The molecular formula is C16H14O3. The van der Waals surface area contributed by atoms with Crippen LogP contribution in [0.25, 0.3) is 0 Å². The number of carbonyl (C=O) groups excluding carboxylic acids is 1. The highest BCUT2D eigenvalue weighted by atomic mass is 16.7. The number of hydrogen-bond donors (Lipinski definition) is 0. The molecule has 0 aromatic heterocycles. The molecule has 1 saturated heterocycles. The minimum Gasteiger partial charge on any atom is -0.334 e. The molecule has 1 aliphatic rings. The Morgan fingerprint density at radius 3 is 1.58 bits per heavy atom. The van der Waals surface area contributed by atoms with Crippen molar-refractivity contribution in [3.05, 3.63) is 71.8 Å². The molecule has 3 rings (SSSR count). The predicted octanol–water partition coefficient (Wildman–Crippen LogP) is 2.50. The maximum Gasteiger partial charge on any atom is 0.223 e. The SMILES string of the molecule is O=C1COC(c2ccccc2)(c2ccccc2)OC1. The van der Waals surface area contributed by atoms with Crippen molar-refractivity contribution in [3.8, 4) is 0 Å². The molecule has 0 radical (unpaired) electrons. The van der Waals surface area contributed by atoms with Gasteiger partial charge in [-0.25, -0.2) is 0 Å². The van der Waals surface area contributed by atoms with Crippen molar-refractivity contribution in [2.24, 2.45) is 0 Å². The second-order valence-electron chi connectivity index (χ2n) is 4.46. The first-order valence-electron chi connectivity index (χ1n) is 6.22. The lowest BCUT2D eigenvalue weighted by Crippen LogP contribution is -2.43. The molecule has 3 heteroatoms. The third-order valence-electron chi connectivity index (χ3n) is 3.18. The summed E-state index contributed by atoms with van der Waals surface area (Å²) in [6, 6.07) is 19.4. The van der Waals surface area contributed by atoms with E-state index in [0.717, 1.165) is 11.1 Å². The summed E-state index contributed by atoms with van der Waals surface area (Å²) in [6.45, 7) is 0.146. The lowest BCUT2D eigenvalue weighted by molar-refractivity contribution is -0.239. The molecule has 0 saturated carbocycles. The highest BCUT2D eigenvalue weighted by molar-refractivity contribution is 5.81. The Morgan fingerprint density at radius 2 is 1.16 bits per heavy atom. The number of rotatable bonds is 2. The molecule has 1 fully saturated rings. The summed E-state index contributed by atoms with van der Waals surface area (Å²) in [7, 11) is 0. The van der Waals surface area contributed by atoms with Crippen molar-refractivity contribution in [1.82, 2.24) is 0 Å². The first-order valence-corrected chi connectivity index (χ1v) is 6.22. The summed E-state index contributed by atoms with van der Waals surface area (Å²) in [5.74, 6) is -1.02. The predicted molar refractivity (Wildman–Crippen MR) is 70.6 cm³/mol. The Morgan fingerprint density at radius 1 is 0.737 bits per heavy atom. The Balaban J connectivity index is 2.09. The summed E-state index contributed by atoms with van der Waals surface area (Å²) in [5.41, 5.74) is 1.79. The van der Waals surface area contributed by atoms with Crippen molar-refractivity contribution in [2.75, 3.05) is 13.2 Å². The number of carbonyl (C=O) groups is 1. The zero-order valence-electron chi connectivity index (χ0n) is 10.4. The maximum absolute atomic E-state index is 11.4. The van der Waals surface area contributed by atoms with E-state index in [1.807, 2.05) is 60.7 Å². The number of Topliss-reactive ketones (excluding diaryl/α,β-unsaturated/α-hetero) is 1. The summed E-state index contributed by atoms with van der Waals surface area (Å²) in [6.07, 6.45) is 0. The molecule has 0 amide bonds. The Kier molecular flexibility index (Phi) is 3.15. The van der Waals surface area contributed by atoms with Crippen LogP contribution in [0.1, 0.15) is 11.1 Å². The molecule has 0 atom stereocenters. The third-order valence-corrected chi connectivity index (χ3v) is 3.18. The fraction of sp³-hybridized carbons (Fsp3) is 0.188. The molecule has 2 aromatic carbocycles. The first kappa shape index (κ1) is 12.1. The highest BCUT2D eigenvalue weighted by Gasteiger charge is 2.40. The molecule has 1 aliphatic heterocycles. The molecule has 0 N–H and O–H groups in total. The van der Waals surface area contributed by atoms with E-state index in [1.165, 1.54) is 0 Å². The van der Waals surface area contributed by atoms with Crippen LogP contribution in [0.5, 0.6) is 0 Å². The van der Waals surface area contributed by atoms with Crippen LogP contribution < -0.4 is 0 Å². The molecule has 2 aromatic rings. The normalized spacial score (nSPS) is 18.2. The topological polar surface area (TPSA) is 35.5 Å². The van der Waals surface area contributed by atoms with Gasteiger partial charge >= 0.3 is 0 Å². The summed E-state index contributed by atoms with van der Waals surface area (Å²) >= 11 is 0. The smallest absolute Gasteiger partial charge is 0.223 e. The van der Waals surface area contributed by atoms with E-state index in [0.29, 0.717) is 0 Å². The Labute approximate surface area is 111 Å².